The molecule has 0 radical (unpaired) electrons. The molecule has 0 fully saturated rings. The first-order chi connectivity index (χ1) is 6.81. The van der Waals surface area contributed by atoms with Gasteiger partial charge in [-0.15, -0.1) is 6.42 Å². The van der Waals surface area contributed by atoms with Gasteiger partial charge in [0.15, 0.2) is 0 Å². The molecule has 14 heavy (non-hydrogen) atoms. The van der Waals surface area contributed by atoms with Gasteiger partial charge in [-0.3, -0.25) is 0 Å². The minimum absolute atomic E-state index is 0.0309. The van der Waals surface area contributed by atoms with Crippen molar-refractivity contribution in [1.29, 1.82) is 0 Å². The molecule has 3 nitrogen and oxygen atoms in total. The fraction of sp³-hybridized carbons (Fsp3) is 0.364. The smallest absolute Gasteiger partial charge is 0.129 e. The zero-order chi connectivity index (χ0) is 10.4. The molecule has 0 atom stereocenters. The Bertz CT molecular complexity index is 330. The van der Waals surface area contributed by atoms with Gasteiger partial charge in [-0.2, -0.15) is 0 Å². The molecule has 1 aromatic heterocycles. The molecule has 74 valence electrons. The number of hydrogen-bond acceptors (Lipinski definition) is 3. The van der Waals surface area contributed by atoms with Crippen LogP contribution in [0.2, 0.25) is 0 Å². The minimum Gasteiger partial charge on any atom is -0.392 e. The summed E-state index contributed by atoms with van der Waals surface area (Å²) >= 11 is 0. The topological polar surface area (TPSA) is 36.4 Å². The van der Waals surface area contributed by atoms with Crippen molar-refractivity contribution in [3.05, 3.63) is 23.9 Å². The van der Waals surface area contributed by atoms with Crippen molar-refractivity contribution in [2.75, 3.05) is 18.0 Å². The Morgan fingerprint density at radius 2 is 2.43 bits per heavy atom. The van der Waals surface area contributed by atoms with Gasteiger partial charge in [-0.05, 0) is 24.6 Å². The molecular weight excluding hydrogens is 176 g/mol. The number of pyridine rings is 1. The van der Waals surface area contributed by atoms with Crippen molar-refractivity contribution in [2.24, 2.45) is 0 Å². The quantitative estimate of drug-likeness (QED) is 0.720. The Balaban J connectivity index is 2.87. The maximum atomic E-state index is 8.96. The normalized spacial score (nSPS) is 9.50. The second kappa shape index (κ2) is 5.25. The predicted molar refractivity (Wildman–Crippen MR) is 56.9 cm³/mol. The molecule has 1 aromatic rings. The average molecular weight is 190 g/mol. The number of nitrogens with zero attached hydrogens (tertiary/aromatic N) is 2. The summed E-state index contributed by atoms with van der Waals surface area (Å²) in [5.74, 6) is 3.39. The van der Waals surface area contributed by atoms with Crippen LogP contribution in [-0.2, 0) is 6.61 Å². The van der Waals surface area contributed by atoms with Crippen LogP contribution in [0.3, 0.4) is 0 Å². The third kappa shape index (κ3) is 2.48. The first-order valence-electron chi connectivity index (χ1n) is 4.56. The Labute approximate surface area is 84.4 Å². The fourth-order valence-electron chi connectivity index (χ4n) is 1.20. The summed E-state index contributed by atoms with van der Waals surface area (Å²) < 4.78 is 0. The Kier molecular flexibility index (Phi) is 3.96. The van der Waals surface area contributed by atoms with Crippen molar-refractivity contribution in [3.63, 3.8) is 0 Å². The monoisotopic (exact) mass is 190 g/mol. The molecule has 0 saturated carbocycles. The lowest BCUT2D eigenvalue weighted by Crippen LogP contribution is -2.23. The van der Waals surface area contributed by atoms with E-state index in [0.29, 0.717) is 6.54 Å². The van der Waals surface area contributed by atoms with Crippen molar-refractivity contribution in [1.82, 2.24) is 4.98 Å². The summed E-state index contributed by atoms with van der Waals surface area (Å²) in [7, 11) is 0. The molecule has 0 amide bonds. The van der Waals surface area contributed by atoms with Gasteiger partial charge in [-0.25, -0.2) is 4.98 Å². The fourth-order valence-corrected chi connectivity index (χ4v) is 1.20. The molecule has 0 aliphatic carbocycles. The molecule has 0 aliphatic rings. The van der Waals surface area contributed by atoms with E-state index < -0.39 is 0 Å². The molecule has 0 spiro atoms. The number of aliphatic hydroxyl groups is 1. The molecule has 3 heteroatoms. The van der Waals surface area contributed by atoms with Gasteiger partial charge in [0.2, 0.25) is 0 Å². The van der Waals surface area contributed by atoms with Crippen LogP contribution in [0.5, 0.6) is 0 Å². The number of anilines is 1. The van der Waals surface area contributed by atoms with Gasteiger partial charge in [0.25, 0.3) is 0 Å². The highest BCUT2D eigenvalue weighted by Gasteiger charge is 2.03. The van der Waals surface area contributed by atoms with Gasteiger partial charge in [0.1, 0.15) is 5.82 Å². The maximum absolute atomic E-state index is 8.96. The van der Waals surface area contributed by atoms with Crippen molar-refractivity contribution >= 4 is 5.82 Å². The number of rotatable bonds is 4. The number of terminal acetylenes is 1. The van der Waals surface area contributed by atoms with E-state index in [9.17, 15) is 0 Å². The molecule has 0 bridgehead atoms. The van der Waals surface area contributed by atoms with Crippen LogP contribution in [0.25, 0.3) is 0 Å². The third-order valence-corrected chi connectivity index (χ3v) is 1.98. The predicted octanol–water partition coefficient (Wildman–Crippen LogP) is 1.03. The molecule has 1 N–H and O–H groups in total. The first kappa shape index (κ1) is 10.6. The van der Waals surface area contributed by atoms with Crippen molar-refractivity contribution in [3.8, 4) is 12.3 Å². The Morgan fingerprint density at radius 3 is 3.00 bits per heavy atom. The zero-order valence-corrected chi connectivity index (χ0v) is 8.27. The lowest BCUT2D eigenvalue weighted by Gasteiger charge is -2.19. The highest BCUT2D eigenvalue weighted by Crippen LogP contribution is 2.11. The molecule has 0 saturated heterocycles. The Morgan fingerprint density at radius 1 is 1.64 bits per heavy atom. The van der Waals surface area contributed by atoms with E-state index in [0.717, 1.165) is 17.9 Å². The highest BCUT2D eigenvalue weighted by molar-refractivity contribution is 5.41. The van der Waals surface area contributed by atoms with E-state index >= 15 is 0 Å². The van der Waals surface area contributed by atoms with E-state index in [1.165, 1.54) is 0 Å². The van der Waals surface area contributed by atoms with E-state index in [2.05, 4.69) is 10.9 Å². The first-order valence-corrected chi connectivity index (χ1v) is 4.56. The minimum atomic E-state index is 0.0309. The number of aliphatic hydroxyl groups excluding tert-OH is 1. The summed E-state index contributed by atoms with van der Waals surface area (Å²) in [6, 6.07) is 3.63. The lowest BCUT2D eigenvalue weighted by atomic mass is 10.2. The van der Waals surface area contributed by atoms with Gasteiger partial charge in [0.05, 0.1) is 13.2 Å². The van der Waals surface area contributed by atoms with Crippen LogP contribution < -0.4 is 4.90 Å². The zero-order valence-electron chi connectivity index (χ0n) is 8.27. The number of hydrogen-bond donors (Lipinski definition) is 1. The lowest BCUT2D eigenvalue weighted by molar-refractivity contribution is 0.281. The molecular formula is C11H14N2O. The largest absolute Gasteiger partial charge is 0.392 e. The summed E-state index contributed by atoms with van der Waals surface area (Å²) in [6.45, 7) is 3.40. The highest BCUT2D eigenvalue weighted by atomic mass is 16.3. The van der Waals surface area contributed by atoms with E-state index in [4.69, 9.17) is 11.5 Å². The molecule has 0 unspecified atom stereocenters. The second-order valence-electron chi connectivity index (χ2n) is 2.90. The Hall–Kier alpha value is -1.53. The summed E-state index contributed by atoms with van der Waals surface area (Å²) in [6.07, 6.45) is 6.92. The number of aromatic nitrogens is 1. The van der Waals surface area contributed by atoms with E-state index in [1.807, 2.05) is 17.9 Å². The standard InChI is InChI=1S/C11H14N2O/c1-3-7-13(4-2)11-8-10(9-14)5-6-12-11/h1,5-6,8,14H,4,7,9H2,2H3. The van der Waals surface area contributed by atoms with Crippen LogP contribution in [-0.4, -0.2) is 23.2 Å². The van der Waals surface area contributed by atoms with Gasteiger partial charge in [-0.1, -0.05) is 5.92 Å². The molecule has 1 heterocycles. The van der Waals surface area contributed by atoms with Gasteiger partial charge >= 0.3 is 0 Å². The third-order valence-electron chi connectivity index (χ3n) is 1.98. The summed E-state index contributed by atoms with van der Waals surface area (Å²) in [4.78, 5) is 6.17. The maximum Gasteiger partial charge on any atom is 0.129 e. The van der Waals surface area contributed by atoms with Crippen LogP contribution in [0.4, 0.5) is 5.82 Å². The van der Waals surface area contributed by atoms with Crippen molar-refractivity contribution in [2.45, 2.75) is 13.5 Å². The summed E-state index contributed by atoms with van der Waals surface area (Å²) in [5.41, 5.74) is 0.852. The van der Waals surface area contributed by atoms with Crippen LogP contribution >= 0.6 is 0 Å². The molecule has 0 aliphatic heterocycles. The average Bonchev–Trinajstić information content (AvgIpc) is 2.26. The van der Waals surface area contributed by atoms with Crippen molar-refractivity contribution < 1.29 is 5.11 Å². The molecule has 1 rings (SSSR count). The second-order valence-corrected chi connectivity index (χ2v) is 2.90. The van der Waals surface area contributed by atoms with Crippen LogP contribution in [0, 0.1) is 12.3 Å². The van der Waals surface area contributed by atoms with E-state index in [-0.39, 0.29) is 6.61 Å². The van der Waals surface area contributed by atoms with Gasteiger partial charge in [0, 0.05) is 12.7 Å². The van der Waals surface area contributed by atoms with Crippen LogP contribution in [0.15, 0.2) is 18.3 Å². The summed E-state index contributed by atoms with van der Waals surface area (Å²) in [5, 5.41) is 8.96. The van der Waals surface area contributed by atoms with Crippen LogP contribution in [0.1, 0.15) is 12.5 Å². The van der Waals surface area contributed by atoms with Gasteiger partial charge < -0.3 is 10.0 Å². The molecule has 0 aromatic carbocycles. The van der Waals surface area contributed by atoms with E-state index in [1.54, 1.807) is 12.3 Å². The SMILES string of the molecule is C#CCN(CC)c1cc(CO)ccn1.